The van der Waals surface area contributed by atoms with E-state index in [0.717, 1.165) is 47.7 Å². The van der Waals surface area contributed by atoms with Crippen LogP contribution in [0.25, 0.3) is 11.0 Å². The number of nitrogens with zero attached hydrogens (tertiary/aromatic N) is 2. The van der Waals surface area contributed by atoms with Crippen molar-refractivity contribution in [2.24, 2.45) is 0 Å². The van der Waals surface area contributed by atoms with Gasteiger partial charge in [0, 0.05) is 36.2 Å². The number of carbonyl (C=O) groups is 1. The van der Waals surface area contributed by atoms with Crippen LogP contribution in [0.15, 0.2) is 72.8 Å². The van der Waals surface area contributed by atoms with Crippen LogP contribution in [0.4, 0.5) is 0 Å². The molecule has 176 valence electrons. The summed E-state index contributed by atoms with van der Waals surface area (Å²) in [6.45, 7) is 1.97. The Kier molecular flexibility index (Phi) is 8.04. The number of halogens is 1. The highest BCUT2D eigenvalue weighted by molar-refractivity contribution is 6.30. The van der Waals surface area contributed by atoms with Gasteiger partial charge in [0.25, 0.3) is 5.91 Å². The number of imidazole rings is 1. The van der Waals surface area contributed by atoms with Crippen LogP contribution in [0.5, 0.6) is 11.5 Å². The van der Waals surface area contributed by atoms with Gasteiger partial charge in [-0.05, 0) is 61.4 Å². The van der Waals surface area contributed by atoms with Gasteiger partial charge in [-0.2, -0.15) is 0 Å². The molecule has 4 aromatic rings. The smallest absolute Gasteiger partial charge is 0.251 e. The number of hydrogen-bond donors (Lipinski definition) is 1. The molecule has 0 spiro atoms. The molecule has 0 saturated heterocycles. The fourth-order valence-electron chi connectivity index (χ4n) is 3.81. The molecule has 0 fully saturated rings. The zero-order chi connectivity index (χ0) is 23.8. The fourth-order valence-corrected chi connectivity index (χ4v) is 3.94. The number of unbranched alkanes of at least 4 members (excludes halogenated alkanes) is 1. The summed E-state index contributed by atoms with van der Waals surface area (Å²) in [7, 11) is 1.65. The number of fused-ring (bicyclic) bond motifs is 1. The monoisotopic (exact) mass is 477 g/mol. The first-order valence-corrected chi connectivity index (χ1v) is 11.8. The normalized spacial score (nSPS) is 10.9. The second-order valence-electron chi connectivity index (χ2n) is 7.92. The number of amides is 1. The highest BCUT2D eigenvalue weighted by Crippen LogP contribution is 2.20. The Bertz CT molecular complexity index is 1240. The molecule has 3 aromatic carbocycles. The van der Waals surface area contributed by atoms with E-state index >= 15 is 0 Å². The SMILES string of the molecule is COc1cccc(OCCCCn2c(CCNC(=O)c3ccc(Cl)cc3)nc3ccccc32)c1. The molecule has 0 aliphatic rings. The van der Waals surface area contributed by atoms with Crippen molar-refractivity contribution in [3.05, 3.63) is 89.2 Å². The van der Waals surface area contributed by atoms with E-state index in [0.29, 0.717) is 30.2 Å². The molecule has 0 aliphatic heterocycles. The molecular weight excluding hydrogens is 450 g/mol. The van der Waals surface area contributed by atoms with Crippen molar-refractivity contribution in [3.63, 3.8) is 0 Å². The molecule has 1 aromatic heterocycles. The second-order valence-corrected chi connectivity index (χ2v) is 8.35. The number of ether oxygens (including phenoxy) is 2. The van der Waals surface area contributed by atoms with Crippen LogP contribution in [-0.2, 0) is 13.0 Å². The van der Waals surface area contributed by atoms with Crippen LogP contribution in [0.2, 0.25) is 5.02 Å². The van der Waals surface area contributed by atoms with E-state index in [1.54, 1.807) is 31.4 Å². The third-order valence-electron chi connectivity index (χ3n) is 5.56. The molecule has 0 aliphatic carbocycles. The minimum Gasteiger partial charge on any atom is -0.497 e. The summed E-state index contributed by atoms with van der Waals surface area (Å²) in [5, 5.41) is 3.59. The maximum absolute atomic E-state index is 12.4. The second kappa shape index (κ2) is 11.6. The van der Waals surface area contributed by atoms with Crippen LogP contribution in [0.3, 0.4) is 0 Å². The highest BCUT2D eigenvalue weighted by Gasteiger charge is 2.11. The van der Waals surface area contributed by atoms with Crippen LogP contribution >= 0.6 is 11.6 Å². The number of hydrogen-bond acceptors (Lipinski definition) is 4. The Morgan fingerprint density at radius 1 is 1.00 bits per heavy atom. The Morgan fingerprint density at radius 3 is 2.62 bits per heavy atom. The van der Waals surface area contributed by atoms with Crippen molar-refractivity contribution in [2.75, 3.05) is 20.3 Å². The molecule has 1 amide bonds. The zero-order valence-corrected chi connectivity index (χ0v) is 19.9. The zero-order valence-electron chi connectivity index (χ0n) is 19.2. The van der Waals surface area contributed by atoms with Crippen molar-refractivity contribution in [2.45, 2.75) is 25.8 Å². The molecule has 34 heavy (non-hydrogen) atoms. The topological polar surface area (TPSA) is 65.4 Å². The highest BCUT2D eigenvalue weighted by atomic mass is 35.5. The number of aromatic nitrogens is 2. The lowest BCUT2D eigenvalue weighted by molar-refractivity contribution is 0.0954. The summed E-state index contributed by atoms with van der Waals surface area (Å²) >= 11 is 5.91. The average Bonchev–Trinajstić information content (AvgIpc) is 3.21. The quantitative estimate of drug-likeness (QED) is 0.288. The number of nitrogens with one attached hydrogen (secondary N) is 1. The maximum Gasteiger partial charge on any atom is 0.251 e. The lowest BCUT2D eigenvalue weighted by Gasteiger charge is -2.11. The van der Waals surface area contributed by atoms with E-state index in [-0.39, 0.29) is 5.91 Å². The largest absolute Gasteiger partial charge is 0.497 e. The van der Waals surface area contributed by atoms with E-state index in [1.165, 1.54) is 0 Å². The van der Waals surface area contributed by atoms with Gasteiger partial charge >= 0.3 is 0 Å². The number of methoxy groups -OCH3 is 1. The minimum atomic E-state index is -0.117. The first-order chi connectivity index (χ1) is 16.6. The Labute approximate surface area is 204 Å². The standard InChI is InChI=1S/C27H28ClN3O3/c1-33-22-7-6-8-23(19-22)34-18-5-4-17-31-25-10-3-2-9-24(25)30-26(31)15-16-29-27(32)20-11-13-21(28)14-12-20/h2-3,6-14,19H,4-5,15-18H2,1H3,(H,29,32). The minimum absolute atomic E-state index is 0.117. The molecule has 0 radical (unpaired) electrons. The predicted molar refractivity (Wildman–Crippen MR) is 135 cm³/mol. The Balaban J connectivity index is 1.32. The van der Waals surface area contributed by atoms with Gasteiger partial charge in [-0.1, -0.05) is 29.8 Å². The summed E-state index contributed by atoms with van der Waals surface area (Å²) in [6.07, 6.45) is 2.51. The van der Waals surface area contributed by atoms with Crippen LogP contribution in [-0.4, -0.2) is 35.7 Å². The van der Waals surface area contributed by atoms with Gasteiger partial charge < -0.3 is 19.4 Å². The van der Waals surface area contributed by atoms with Crippen LogP contribution < -0.4 is 14.8 Å². The molecule has 0 atom stereocenters. The van der Waals surface area contributed by atoms with Gasteiger partial charge in [-0.3, -0.25) is 4.79 Å². The van der Waals surface area contributed by atoms with Crippen molar-refractivity contribution in [1.82, 2.24) is 14.9 Å². The summed E-state index contributed by atoms with van der Waals surface area (Å²) < 4.78 is 13.4. The average molecular weight is 478 g/mol. The number of benzene rings is 3. The van der Waals surface area contributed by atoms with Crippen LogP contribution in [0, 0.1) is 0 Å². The van der Waals surface area contributed by atoms with Crippen molar-refractivity contribution in [1.29, 1.82) is 0 Å². The lowest BCUT2D eigenvalue weighted by atomic mass is 10.2. The lowest BCUT2D eigenvalue weighted by Crippen LogP contribution is -2.26. The Hall–Kier alpha value is -3.51. The molecule has 0 bridgehead atoms. The van der Waals surface area contributed by atoms with Crippen molar-refractivity contribution >= 4 is 28.5 Å². The van der Waals surface area contributed by atoms with Gasteiger partial charge in [-0.25, -0.2) is 4.98 Å². The van der Waals surface area contributed by atoms with Gasteiger partial charge in [0.1, 0.15) is 17.3 Å². The van der Waals surface area contributed by atoms with Gasteiger partial charge in [0.15, 0.2) is 0 Å². The molecule has 7 heteroatoms. The maximum atomic E-state index is 12.4. The number of para-hydroxylation sites is 2. The van der Waals surface area contributed by atoms with Crippen LogP contribution in [0.1, 0.15) is 29.0 Å². The predicted octanol–water partition coefficient (Wildman–Crippen LogP) is 5.53. The van der Waals surface area contributed by atoms with Gasteiger partial charge in [0.05, 0.1) is 24.8 Å². The van der Waals surface area contributed by atoms with E-state index in [2.05, 4.69) is 16.0 Å². The van der Waals surface area contributed by atoms with E-state index < -0.39 is 0 Å². The molecule has 1 heterocycles. The summed E-state index contributed by atoms with van der Waals surface area (Å²) in [5.41, 5.74) is 2.67. The molecule has 1 N–H and O–H groups in total. The summed E-state index contributed by atoms with van der Waals surface area (Å²) in [6, 6.07) is 22.6. The Morgan fingerprint density at radius 2 is 1.79 bits per heavy atom. The summed E-state index contributed by atoms with van der Waals surface area (Å²) in [5.74, 6) is 2.44. The number of carbonyl (C=O) groups excluding carboxylic acids is 1. The number of rotatable bonds is 11. The number of aryl methyl sites for hydroxylation is 1. The van der Waals surface area contributed by atoms with E-state index in [1.807, 2.05) is 42.5 Å². The van der Waals surface area contributed by atoms with Crippen molar-refractivity contribution in [3.8, 4) is 11.5 Å². The fraction of sp³-hybridized carbons (Fsp3) is 0.259. The first-order valence-electron chi connectivity index (χ1n) is 11.4. The molecule has 6 nitrogen and oxygen atoms in total. The summed E-state index contributed by atoms with van der Waals surface area (Å²) in [4.78, 5) is 17.2. The van der Waals surface area contributed by atoms with Gasteiger partial charge in [-0.15, -0.1) is 0 Å². The third-order valence-corrected chi connectivity index (χ3v) is 5.81. The molecular formula is C27H28ClN3O3. The first kappa shape index (κ1) is 23.6. The van der Waals surface area contributed by atoms with Gasteiger partial charge in [0.2, 0.25) is 0 Å². The molecule has 4 rings (SSSR count). The third kappa shape index (κ3) is 6.08. The van der Waals surface area contributed by atoms with Crippen molar-refractivity contribution < 1.29 is 14.3 Å². The van der Waals surface area contributed by atoms with E-state index in [4.69, 9.17) is 26.1 Å². The molecule has 0 unspecified atom stereocenters. The van der Waals surface area contributed by atoms with E-state index in [9.17, 15) is 4.79 Å². The molecule has 0 saturated carbocycles.